The van der Waals surface area contributed by atoms with E-state index in [1.807, 2.05) is 12.1 Å². The Morgan fingerprint density at radius 1 is 1.23 bits per heavy atom. The number of anilines is 1. The zero-order valence-electron chi connectivity index (χ0n) is 11.1. The van der Waals surface area contributed by atoms with Crippen LogP contribution in [0, 0.1) is 3.57 Å². The number of nitrogens with one attached hydrogen (secondary N) is 1. The summed E-state index contributed by atoms with van der Waals surface area (Å²) in [5, 5.41) is 14.4. The summed E-state index contributed by atoms with van der Waals surface area (Å²) < 4.78 is 2.34. The molecule has 1 amide bonds. The minimum Gasteiger partial charge on any atom is -0.322 e. The van der Waals surface area contributed by atoms with E-state index >= 15 is 0 Å². The molecule has 0 spiro atoms. The number of carbonyl (C=O) groups excluding carboxylic acids is 1. The van der Waals surface area contributed by atoms with E-state index < -0.39 is 0 Å². The predicted octanol–water partition coefficient (Wildman–Crippen LogP) is 3.17. The maximum absolute atomic E-state index is 12.4. The van der Waals surface area contributed by atoms with Crippen LogP contribution >= 0.6 is 34.2 Å². The van der Waals surface area contributed by atoms with Gasteiger partial charge >= 0.3 is 0 Å². The minimum atomic E-state index is -0.222. The van der Waals surface area contributed by atoms with Gasteiger partial charge < -0.3 is 5.32 Å². The van der Waals surface area contributed by atoms with Crippen LogP contribution in [-0.2, 0) is 0 Å². The van der Waals surface area contributed by atoms with E-state index in [9.17, 15) is 4.79 Å². The number of halogens is 2. The Balaban J connectivity index is 1.85. The summed E-state index contributed by atoms with van der Waals surface area (Å²) in [4.78, 5) is 12.4. The molecule has 1 N–H and O–H groups in total. The zero-order chi connectivity index (χ0) is 15.5. The summed E-state index contributed by atoms with van der Waals surface area (Å²) >= 11 is 8.05. The molecule has 0 aliphatic rings. The van der Waals surface area contributed by atoms with Gasteiger partial charge in [-0.1, -0.05) is 17.7 Å². The molecule has 0 unspecified atom stereocenters. The molecule has 3 rings (SSSR count). The third-order valence-electron chi connectivity index (χ3n) is 2.89. The average molecular weight is 426 g/mol. The summed E-state index contributed by atoms with van der Waals surface area (Å²) in [6.45, 7) is 0. The van der Waals surface area contributed by atoms with Gasteiger partial charge in [0.05, 0.1) is 11.3 Å². The number of carbonyl (C=O) groups is 1. The lowest BCUT2D eigenvalue weighted by Crippen LogP contribution is -2.13. The quantitative estimate of drug-likeness (QED) is 0.654. The third-order valence-corrected chi connectivity index (χ3v) is 4.07. The van der Waals surface area contributed by atoms with Crippen molar-refractivity contribution in [2.24, 2.45) is 0 Å². The van der Waals surface area contributed by atoms with Crippen LogP contribution in [0.25, 0.3) is 5.69 Å². The van der Waals surface area contributed by atoms with E-state index in [0.717, 1.165) is 9.26 Å². The number of hydrogen-bond acceptors (Lipinski definition) is 4. The molecule has 1 heterocycles. The average Bonchev–Trinajstić information content (AvgIpc) is 3.04. The summed E-state index contributed by atoms with van der Waals surface area (Å²) in [6, 6.07) is 12.4. The van der Waals surface area contributed by atoms with E-state index in [1.165, 1.54) is 11.0 Å². The SMILES string of the molecule is O=C(Nc1cccc(-n2cnnn2)c1)c1cc(Cl)ccc1I. The Morgan fingerprint density at radius 3 is 2.86 bits per heavy atom. The lowest BCUT2D eigenvalue weighted by Gasteiger charge is -2.08. The Labute approximate surface area is 144 Å². The van der Waals surface area contributed by atoms with Gasteiger partial charge in [-0.2, -0.15) is 0 Å². The van der Waals surface area contributed by atoms with Crippen LogP contribution in [0.5, 0.6) is 0 Å². The molecule has 8 heteroatoms. The van der Waals surface area contributed by atoms with Gasteiger partial charge in [0.15, 0.2) is 0 Å². The first kappa shape index (κ1) is 14.9. The molecular weight excluding hydrogens is 417 g/mol. The molecule has 0 saturated carbocycles. The second kappa shape index (κ2) is 6.41. The van der Waals surface area contributed by atoms with Crippen LogP contribution in [-0.4, -0.2) is 26.1 Å². The van der Waals surface area contributed by atoms with Crippen LogP contribution in [0.15, 0.2) is 48.8 Å². The van der Waals surface area contributed by atoms with Crippen molar-refractivity contribution < 1.29 is 4.79 Å². The lowest BCUT2D eigenvalue weighted by atomic mass is 10.2. The second-order valence-corrected chi connectivity index (χ2v) is 5.98. The fourth-order valence-electron chi connectivity index (χ4n) is 1.88. The van der Waals surface area contributed by atoms with E-state index in [1.54, 1.807) is 30.3 Å². The number of rotatable bonds is 3. The normalized spacial score (nSPS) is 10.5. The highest BCUT2D eigenvalue weighted by atomic mass is 127. The van der Waals surface area contributed by atoms with Gasteiger partial charge in [-0.3, -0.25) is 4.79 Å². The summed E-state index contributed by atoms with van der Waals surface area (Å²) in [5.41, 5.74) is 1.93. The van der Waals surface area contributed by atoms with Gasteiger partial charge in [0.2, 0.25) is 0 Å². The fraction of sp³-hybridized carbons (Fsp3) is 0. The van der Waals surface area contributed by atoms with E-state index in [-0.39, 0.29) is 5.91 Å². The topological polar surface area (TPSA) is 72.7 Å². The van der Waals surface area contributed by atoms with E-state index in [0.29, 0.717) is 16.3 Å². The highest BCUT2D eigenvalue weighted by Gasteiger charge is 2.11. The van der Waals surface area contributed by atoms with Crippen molar-refractivity contribution in [3.8, 4) is 5.69 Å². The van der Waals surface area contributed by atoms with Gasteiger partial charge in [0.1, 0.15) is 6.33 Å². The second-order valence-electron chi connectivity index (χ2n) is 4.38. The fourth-order valence-corrected chi connectivity index (χ4v) is 2.63. The van der Waals surface area contributed by atoms with Crippen molar-refractivity contribution >= 4 is 45.8 Å². The Bertz CT molecular complexity index is 822. The first-order valence-corrected chi connectivity index (χ1v) is 7.69. The number of aromatic nitrogens is 4. The largest absolute Gasteiger partial charge is 0.322 e. The van der Waals surface area contributed by atoms with Gasteiger partial charge in [-0.25, -0.2) is 4.68 Å². The molecular formula is C14H9ClIN5O. The van der Waals surface area contributed by atoms with Crippen LogP contribution in [0.1, 0.15) is 10.4 Å². The first-order chi connectivity index (χ1) is 10.6. The molecule has 0 aliphatic heterocycles. The molecule has 22 heavy (non-hydrogen) atoms. The maximum atomic E-state index is 12.4. The minimum absolute atomic E-state index is 0.222. The van der Waals surface area contributed by atoms with Crippen LogP contribution in [0.2, 0.25) is 5.02 Å². The third kappa shape index (κ3) is 3.25. The lowest BCUT2D eigenvalue weighted by molar-refractivity contribution is 0.102. The van der Waals surface area contributed by atoms with Crippen LogP contribution < -0.4 is 5.32 Å². The van der Waals surface area contributed by atoms with Gasteiger partial charge in [-0.15, -0.1) is 5.10 Å². The van der Waals surface area contributed by atoms with Crippen molar-refractivity contribution in [1.29, 1.82) is 0 Å². The smallest absolute Gasteiger partial charge is 0.256 e. The molecule has 0 saturated heterocycles. The number of amides is 1. The van der Waals surface area contributed by atoms with Crippen molar-refractivity contribution in [2.75, 3.05) is 5.32 Å². The maximum Gasteiger partial charge on any atom is 0.256 e. The first-order valence-electron chi connectivity index (χ1n) is 6.23. The van der Waals surface area contributed by atoms with Gasteiger partial charge in [0.25, 0.3) is 5.91 Å². The molecule has 0 atom stereocenters. The number of nitrogens with zero attached hydrogens (tertiary/aromatic N) is 4. The molecule has 3 aromatic rings. The Morgan fingerprint density at radius 2 is 2.09 bits per heavy atom. The number of hydrogen-bond donors (Lipinski definition) is 1. The monoisotopic (exact) mass is 425 g/mol. The molecule has 6 nitrogen and oxygen atoms in total. The summed E-state index contributed by atoms with van der Waals surface area (Å²) in [7, 11) is 0. The highest BCUT2D eigenvalue weighted by molar-refractivity contribution is 14.1. The molecule has 2 aromatic carbocycles. The van der Waals surface area contributed by atoms with Gasteiger partial charge in [0, 0.05) is 14.3 Å². The molecule has 110 valence electrons. The molecule has 0 bridgehead atoms. The number of tetrazole rings is 1. The van der Waals surface area contributed by atoms with Crippen LogP contribution in [0.3, 0.4) is 0 Å². The molecule has 0 fully saturated rings. The van der Waals surface area contributed by atoms with Crippen molar-refractivity contribution in [2.45, 2.75) is 0 Å². The molecule has 1 aromatic heterocycles. The number of benzene rings is 2. The van der Waals surface area contributed by atoms with Gasteiger partial charge in [-0.05, 0) is 69.4 Å². The molecule has 0 radical (unpaired) electrons. The summed E-state index contributed by atoms with van der Waals surface area (Å²) in [6.07, 6.45) is 1.49. The Kier molecular flexibility index (Phi) is 4.34. The summed E-state index contributed by atoms with van der Waals surface area (Å²) in [5.74, 6) is -0.222. The van der Waals surface area contributed by atoms with E-state index in [2.05, 4.69) is 43.4 Å². The predicted molar refractivity (Wildman–Crippen MR) is 91.3 cm³/mol. The van der Waals surface area contributed by atoms with Crippen molar-refractivity contribution in [1.82, 2.24) is 20.2 Å². The molecule has 0 aliphatic carbocycles. The zero-order valence-corrected chi connectivity index (χ0v) is 14.0. The van der Waals surface area contributed by atoms with Crippen LogP contribution in [0.4, 0.5) is 5.69 Å². The Hall–Kier alpha value is -2.00. The standard InChI is InChI=1S/C14H9ClIN5O/c15-9-4-5-13(16)12(6-9)14(22)18-10-2-1-3-11(7-10)21-8-17-19-20-21/h1-8H,(H,18,22). The van der Waals surface area contributed by atoms with Crippen molar-refractivity contribution in [3.05, 3.63) is 62.9 Å². The van der Waals surface area contributed by atoms with E-state index in [4.69, 9.17) is 11.6 Å². The van der Waals surface area contributed by atoms with Crippen molar-refractivity contribution in [3.63, 3.8) is 0 Å². The highest BCUT2D eigenvalue weighted by Crippen LogP contribution is 2.20.